The van der Waals surface area contributed by atoms with Crippen molar-refractivity contribution in [1.29, 1.82) is 0 Å². The van der Waals surface area contributed by atoms with E-state index in [1.807, 2.05) is 0 Å². The monoisotopic (exact) mass is 254 g/mol. The van der Waals surface area contributed by atoms with E-state index in [1.54, 1.807) is 19.1 Å². The fraction of sp³-hybridized carbons (Fsp3) is 0.273. The number of halogens is 1. The molecule has 1 unspecified atom stereocenters. The topological polar surface area (TPSA) is 72.6 Å². The molecule has 1 heterocycles. The Labute approximate surface area is 103 Å². The third kappa shape index (κ3) is 1.93. The lowest BCUT2D eigenvalue weighted by atomic mass is 10.1. The first-order valence-corrected chi connectivity index (χ1v) is 5.57. The number of hydrogen-bond acceptors (Lipinski definition) is 4. The van der Waals surface area contributed by atoms with Crippen LogP contribution in [0.25, 0.3) is 0 Å². The second-order valence-corrected chi connectivity index (χ2v) is 3.96. The summed E-state index contributed by atoms with van der Waals surface area (Å²) >= 11 is 5.49. The van der Waals surface area contributed by atoms with Gasteiger partial charge in [-0.2, -0.15) is 0 Å². The molecule has 0 saturated carbocycles. The van der Waals surface area contributed by atoms with Gasteiger partial charge in [-0.15, -0.1) is 11.6 Å². The number of alkyl halides is 1. The number of nitrogens with two attached hydrogens (primary N) is 1. The summed E-state index contributed by atoms with van der Waals surface area (Å²) in [7, 11) is 0. The van der Waals surface area contributed by atoms with E-state index in [2.05, 4.69) is 0 Å². The molecule has 0 spiro atoms. The number of rotatable bonds is 1. The Bertz CT molecular complexity index is 490. The number of anilines is 2. The van der Waals surface area contributed by atoms with Gasteiger partial charge in [0.05, 0.1) is 5.69 Å². The number of hydrogen-bond donors (Lipinski definition) is 1. The predicted molar refractivity (Wildman–Crippen MR) is 64.2 cm³/mol. The number of imide groups is 1. The van der Waals surface area contributed by atoms with E-state index in [9.17, 15) is 9.59 Å². The summed E-state index contributed by atoms with van der Waals surface area (Å²) in [6.07, 6.45) is -0.710. The Kier molecular flexibility index (Phi) is 2.93. The predicted octanol–water partition coefficient (Wildman–Crippen LogP) is 1.15. The quantitative estimate of drug-likeness (QED) is 0.603. The van der Waals surface area contributed by atoms with Crippen LogP contribution in [0.3, 0.4) is 0 Å². The number of carbonyl (C=O) groups excluding carboxylic acids is 2. The third-order valence-corrected chi connectivity index (χ3v) is 2.69. The maximum atomic E-state index is 11.9. The molecule has 0 bridgehead atoms. The highest BCUT2D eigenvalue weighted by atomic mass is 35.5. The van der Waals surface area contributed by atoms with Gasteiger partial charge in [-0.05, 0) is 25.1 Å². The van der Waals surface area contributed by atoms with Crippen molar-refractivity contribution in [3.63, 3.8) is 0 Å². The van der Waals surface area contributed by atoms with Crippen LogP contribution in [0, 0.1) is 0 Å². The molecule has 0 aromatic heterocycles. The summed E-state index contributed by atoms with van der Waals surface area (Å²) in [6.45, 7) is 1.58. The van der Waals surface area contributed by atoms with E-state index < -0.39 is 17.9 Å². The van der Waals surface area contributed by atoms with Crippen molar-refractivity contribution in [3.05, 3.63) is 18.2 Å². The van der Waals surface area contributed by atoms with Gasteiger partial charge < -0.3 is 10.5 Å². The Hall–Kier alpha value is -1.75. The normalized spacial score (nSPS) is 18.6. The Morgan fingerprint density at radius 1 is 1.59 bits per heavy atom. The molecule has 1 atom stereocenters. The smallest absolute Gasteiger partial charge is 0.274 e. The number of benzene rings is 1. The summed E-state index contributed by atoms with van der Waals surface area (Å²) in [5, 5.41) is 0. The number of ether oxygens (including phenoxy) is 1. The van der Waals surface area contributed by atoms with Gasteiger partial charge in [0.25, 0.3) is 5.91 Å². The molecule has 0 saturated heterocycles. The summed E-state index contributed by atoms with van der Waals surface area (Å²) in [6, 6.07) is 4.79. The fourth-order valence-corrected chi connectivity index (χ4v) is 1.79. The number of nitrogen functional groups attached to an aromatic ring is 1. The van der Waals surface area contributed by atoms with Crippen molar-refractivity contribution in [2.75, 3.05) is 16.5 Å². The minimum atomic E-state index is -0.710. The van der Waals surface area contributed by atoms with Gasteiger partial charge in [0.15, 0.2) is 6.10 Å². The molecule has 0 aliphatic carbocycles. The largest absolute Gasteiger partial charge is 0.479 e. The molecule has 17 heavy (non-hydrogen) atoms. The Morgan fingerprint density at radius 2 is 2.29 bits per heavy atom. The number of fused-ring (bicyclic) bond motifs is 1. The second kappa shape index (κ2) is 4.25. The lowest BCUT2D eigenvalue weighted by Gasteiger charge is -2.31. The molecule has 6 heteroatoms. The fourth-order valence-electron chi connectivity index (χ4n) is 1.67. The second-order valence-electron chi connectivity index (χ2n) is 3.69. The average molecular weight is 255 g/mol. The molecule has 2 N–H and O–H groups in total. The molecular formula is C11H11ClN2O3. The van der Waals surface area contributed by atoms with Crippen LogP contribution in [0.1, 0.15) is 6.92 Å². The van der Waals surface area contributed by atoms with Gasteiger partial charge in [-0.3, -0.25) is 9.59 Å². The molecule has 90 valence electrons. The van der Waals surface area contributed by atoms with Gasteiger partial charge in [0.2, 0.25) is 5.91 Å². The first kappa shape index (κ1) is 11.7. The SMILES string of the molecule is CC1Oc2ccc(N)cc2N(C(=O)CCl)C1=O. The number of carbonyl (C=O) groups is 2. The molecule has 1 aliphatic rings. The van der Waals surface area contributed by atoms with Gasteiger partial charge >= 0.3 is 0 Å². The van der Waals surface area contributed by atoms with Crippen molar-refractivity contribution in [1.82, 2.24) is 0 Å². The van der Waals surface area contributed by atoms with Crippen molar-refractivity contribution < 1.29 is 14.3 Å². The molecule has 1 aliphatic heterocycles. The lowest BCUT2D eigenvalue weighted by Crippen LogP contribution is -2.48. The van der Waals surface area contributed by atoms with Crippen molar-refractivity contribution >= 4 is 34.8 Å². The zero-order valence-electron chi connectivity index (χ0n) is 9.14. The van der Waals surface area contributed by atoms with Crippen LogP contribution < -0.4 is 15.4 Å². The first-order valence-electron chi connectivity index (χ1n) is 5.03. The van der Waals surface area contributed by atoms with E-state index in [-0.39, 0.29) is 5.88 Å². The summed E-state index contributed by atoms with van der Waals surface area (Å²) in [5.41, 5.74) is 6.42. The standard InChI is InChI=1S/C11H11ClN2O3/c1-6-11(16)14(10(15)5-12)8-4-7(13)2-3-9(8)17-6/h2-4,6H,5,13H2,1H3. The zero-order chi connectivity index (χ0) is 12.6. The van der Waals surface area contributed by atoms with Gasteiger partial charge in [-0.25, -0.2) is 4.90 Å². The minimum Gasteiger partial charge on any atom is -0.479 e. The maximum Gasteiger partial charge on any atom is 0.274 e. The molecule has 0 fully saturated rings. The highest BCUT2D eigenvalue weighted by molar-refractivity contribution is 6.33. The highest BCUT2D eigenvalue weighted by Gasteiger charge is 2.35. The van der Waals surface area contributed by atoms with Crippen LogP contribution in [-0.2, 0) is 9.59 Å². The molecule has 2 rings (SSSR count). The number of nitrogens with zero attached hydrogens (tertiary/aromatic N) is 1. The molecule has 5 nitrogen and oxygen atoms in total. The van der Waals surface area contributed by atoms with Crippen LogP contribution in [0.2, 0.25) is 0 Å². The highest BCUT2D eigenvalue weighted by Crippen LogP contribution is 2.35. The zero-order valence-corrected chi connectivity index (χ0v) is 9.90. The minimum absolute atomic E-state index is 0.271. The first-order chi connectivity index (χ1) is 8.04. The van der Waals surface area contributed by atoms with E-state index in [1.165, 1.54) is 6.07 Å². The van der Waals surface area contributed by atoms with Crippen LogP contribution in [-0.4, -0.2) is 23.8 Å². The molecule has 0 radical (unpaired) electrons. The summed E-state index contributed by atoms with van der Waals surface area (Å²) in [4.78, 5) is 24.6. The van der Waals surface area contributed by atoms with Crippen molar-refractivity contribution in [3.8, 4) is 5.75 Å². The van der Waals surface area contributed by atoms with Gasteiger partial charge in [-0.1, -0.05) is 0 Å². The molecule has 1 aromatic carbocycles. The van der Waals surface area contributed by atoms with Crippen LogP contribution in [0.5, 0.6) is 5.75 Å². The van der Waals surface area contributed by atoms with Crippen LogP contribution in [0.4, 0.5) is 11.4 Å². The van der Waals surface area contributed by atoms with Gasteiger partial charge in [0.1, 0.15) is 11.6 Å². The molecule has 1 aromatic rings. The summed E-state index contributed by atoms with van der Waals surface area (Å²) in [5.74, 6) is -0.746. The van der Waals surface area contributed by atoms with Gasteiger partial charge in [0, 0.05) is 5.69 Å². The van der Waals surface area contributed by atoms with Crippen LogP contribution >= 0.6 is 11.6 Å². The number of amides is 2. The van der Waals surface area contributed by atoms with Crippen LogP contribution in [0.15, 0.2) is 18.2 Å². The van der Waals surface area contributed by atoms with E-state index >= 15 is 0 Å². The van der Waals surface area contributed by atoms with Crippen molar-refractivity contribution in [2.45, 2.75) is 13.0 Å². The maximum absolute atomic E-state index is 11.9. The Morgan fingerprint density at radius 3 is 2.94 bits per heavy atom. The summed E-state index contributed by atoms with van der Waals surface area (Å²) < 4.78 is 5.38. The van der Waals surface area contributed by atoms with E-state index in [0.29, 0.717) is 17.1 Å². The van der Waals surface area contributed by atoms with E-state index in [0.717, 1.165) is 4.90 Å². The third-order valence-electron chi connectivity index (χ3n) is 2.46. The average Bonchev–Trinajstić information content (AvgIpc) is 2.31. The molecule has 2 amide bonds. The molecular weight excluding hydrogens is 244 g/mol. The Balaban J connectivity index is 2.54. The van der Waals surface area contributed by atoms with Crippen molar-refractivity contribution in [2.24, 2.45) is 0 Å². The lowest BCUT2D eigenvalue weighted by molar-refractivity contribution is -0.130. The van der Waals surface area contributed by atoms with E-state index in [4.69, 9.17) is 22.1 Å².